The van der Waals surface area contributed by atoms with Gasteiger partial charge in [-0.25, -0.2) is 0 Å². The summed E-state index contributed by atoms with van der Waals surface area (Å²) < 4.78 is 29.5. The van der Waals surface area contributed by atoms with Crippen LogP contribution in [0.2, 0.25) is 0 Å². The van der Waals surface area contributed by atoms with E-state index in [2.05, 4.69) is 0 Å². The lowest BCUT2D eigenvalue weighted by Crippen LogP contribution is -2.14. The molecule has 38 heavy (non-hydrogen) atoms. The maximum absolute atomic E-state index is 11.4. The summed E-state index contributed by atoms with van der Waals surface area (Å²) in [6.45, 7) is -0.425. The van der Waals surface area contributed by atoms with Crippen molar-refractivity contribution in [3.63, 3.8) is 0 Å². The Bertz CT molecular complexity index is 1390. The third-order valence-electron chi connectivity index (χ3n) is 6.02. The van der Waals surface area contributed by atoms with E-state index in [9.17, 15) is 15.2 Å². The van der Waals surface area contributed by atoms with Crippen molar-refractivity contribution in [1.29, 1.82) is 0 Å². The number of ether oxygens (including phenoxy) is 5. The van der Waals surface area contributed by atoms with Crippen LogP contribution in [0.5, 0.6) is 28.7 Å². The third-order valence-corrected chi connectivity index (χ3v) is 6.02. The summed E-state index contributed by atoms with van der Waals surface area (Å²) in [6.07, 6.45) is -1.47. The number of nitro groups is 1. The molecule has 198 valence electrons. The predicted molar refractivity (Wildman–Crippen MR) is 142 cm³/mol. The minimum Gasteiger partial charge on any atom is -0.496 e. The number of methoxy groups -OCH3 is 3. The Labute approximate surface area is 220 Å². The number of benzene rings is 4. The molecule has 0 heterocycles. The van der Waals surface area contributed by atoms with E-state index >= 15 is 0 Å². The van der Waals surface area contributed by atoms with Crippen LogP contribution in [0.1, 0.15) is 22.8 Å². The van der Waals surface area contributed by atoms with Crippen molar-refractivity contribution in [3.05, 3.63) is 99.6 Å². The lowest BCUT2D eigenvalue weighted by Gasteiger charge is -2.23. The van der Waals surface area contributed by atoms with E-state index in [1.54, 1.807) is 12.1 Å². The van der Waals surface area contributed by atoms with E-state index in [4.69, 9.17) is 23.7 Å². The van der Waals surface area contributed by atoms with Crippen LogP contribution in [0, 0.1) is 10.1 Å². The van der Waals surface area contributed by atoms with Crippen LogP contribution in [-0.2, 0) is 13.2 Å². The molecule has 9 nitrogen and oxygen atoms in total. The molecule has 1 N–H and O–H groups in total. The van der Waals surface area contributed by atoms with E-state index in [1.807, 2.05) is 60.7 Å². The Morgan fingerprint density at radius 2 is 1.32 bits per heavy atom. The topological polar surface area (TPSA) is 110 Å². The molecule has 9 heteroatoms. The predicted octanol–water partition coefficient (Wildman–Crippen LogP) is 5.33. The van der Waals surface area contributed by atoms with Gasteiger partial charge in [0, 0.05) is 21.9 Å². The van der Waals surface area contributed by atoms with Crippen LogP contribution >= 0.6 is 0 Å². The molecule has 0 aliphatic rings. The van der Waals surface area contributed by atoms with Crippen LogP contribution in [0.25, 0.3) is 10.8 Å². The van der Waals surface area contributed by atoms with E-state index in [1.165, 1.54) is 21.3 Å². The van der Waals surface area contributed by atoms with Crippen LogP contribution in [-0.4, -0.2) is 37.9 Å². The van der Waals surface area contributed by atoms with Gasteiger partial charge in [-0.05, 0) is 17.2 Å². The molecule has 0 fully saturated rings. The molecule has 0 amide bonds. The molecule has 0 aliphatic carbocycles. The summed E-state index contributed by atoms with van der Waals surface area (Å²) in [5.74, 6) is 1.58. The fourth-order valence-electron chi connectivity index (χ4n) is 4.22. The van der Waals surface area contributed by atoms with Crippen LogP contribution in [0.15, 0.2) is 72.8 Å². The highest BCUT2D eigenvalue weighted by molar-refractivity contribution is 6.02. The molecule has 1 unspecified atom stereocenters. The van der Waals surface area contributed by atoms with Crippen molar-refractivity contribution in [2.75, 3.05) is 27.9 Å². The summed E-state index contributed by atoms with van der Waals surface area (Å²) in [5.41, 5.74) is 1.95. The second-order valence-corrected chi connectivity index (χ2v) is 8.44. The maximum Gasteiger partial charge on any atom is 0.233 e. The van der Waals surface area contributed by atoms with Gasteiger partial charge in [0.2, 0.25) is 6.54 Å². The highest BCUT2D eigenvalue weighted by atomic mass is 16.6. The fraction of sp³-hybridized carbons (Fsp3) is 0.241. The normalized spacial score (nSPS) is 11.6. The summed E-state index contributed by atoms with van der Waals surface area (Å²) in [6, 6.07) is 22.2. The van der Waals surface area contributed by atoms with E-state index in [-0.39, 0.29) is 30.3 Å². The fourth-order valence-corrected chi connectivity index (χ4v) is 4.22. The molecule has 0 radical (unpaired) electrons. The standard InChI is InChI=1S/C29H29NO8/c1-34-24-15-25(35-2)28(36-3)26-22(24)14-21(23(31)16-30(32)33)27(37-17-19-10-6-4-7-11-19)29(26)38-18-20-12-8-5-9-13-20/h4-15,23,31H,16-18H2,1-3H3. The van der Waals surface area contributed by atoms with Crippen molar-refractivity contribution < 1.29 is 33.7 Å². The number of rotatable bonds is 12. The van der Waals surface area contributed by atoms with Crippen LogP contribution in [0.4, 0.5) is 0 Å². The molecule has 0 aromatic heterocycles. The van der Waals surface area contributed by atoms with E-state index in [0.29, 0.717) is 28.0 Å². The number of fused-ring (bicyclic) bond motifs is 1. The van der Waals surface area contributed by atoms with E-state index < -0.39 is 17.6 Å². The molecule has 0 aliphatic heterocycles. The van der Waals surface area contributed by atoms with E-state index in [0.717, 1.165) is 11.1 Å². The minimum absolute atomic E-state index is 0.135. The van der Waals surface area contributed by atoms with Gasteiger partial charge < -0.3 is 28.8 Å². The van der Waals surface area contributed by atoms with Crippen LogP contribution < -0.4 is 23.7 Å². The summed E-state index contributed by atoms with van der Waals surface area (Å²) >= 11 is 0. The molecule has 0 saturated heterocycles. The number of aliphatic hydroxyl groups excluding tert-OH is 1. The molecular weight excluding hydrogens is 490 g/mol. The highest BCUT2D eigenvalue weighted by Crippen LogP contribution is 2.52. The smallest absolute Gasteiger partial charge is 0.233 e. The first-order chi connectivity index (χ1) is 18.5. The molecule has 4 aromatic rings. The van der Waals surface area contributed by atoms with Gasteiger partial charge in [0.25, 0.3) is 0 Å². The molecule has 0 saturated carbocycles. The average Bonchev–Trinajstić information content (AvgIpc) is 2.94. The van der Waals surface area contributed by atoms with Crippen molar-refractivity contribution in [1.82, 2.24) is 0 Å². The molecule has 0 bridgehead atoms. The zero-order valence-corrected chi connectivity index (χ0v) is 21.4. The van der Waals surface area contributed by atoms with Crippen molar-refractivity contribution >= 4 is 10.8 Å². The minimum atomic E-state index is -1.47. The summed E-state index contributed by atoms with van der Waals surface area (Å²) in [5, 5.41) is 23.3. The van der Waals surface area contributed by atoms with Gasteiger partial charge >= 0.3 is 0 Å². The first kappa shape index (κ1) is 26.6. The SMILES string of the molecule is COc1cc(OC)c2cc(C(O)C[N+](=O)[O-])c(OCc3ccccc3)c(OCc3ccccc3)c2c1OC. The summed E-state index contributed by atoms with van der Waals surface area (Å²) in [4.78, 5) is 10.8. The maximum atomic E-state index is 11.4. The molecule has 4 aromatic carbocycles. The van der Waals surface area contributed by atoms with Gasteiger partial charge in [-0.1, -0.05) is 60.7 Å². The second-order valence-electron chi connectivity index (χ2n) is 8.44. The average molecular weight is 520 g/mol. The lowest BCUT2D eigenvalue weighted by molar-refractivity contribution is -0.491. The second kappa shape index (κ2) is 12.2. The van der Waals surface area contributed by atoms with Gasteiger partial charge in [0.05, 0.1) is 26.7 Å². The molecular formula is C29H29NO8. The third kappa shape index (κ3) is 5.73. The van der Waals surface area contributed by atoms with Gasteiger partial charge in [0.1, 0.15) is 25.1 Å². The zero-order chi connectivity index (χ0) is 27.1. The first-order valence-corrected chi connectivity index (χ1v) is 11.9. The lowest BCUT2D eigenvalue weighted by atomic mass is 9.98. The first-order valence-electron chi connectivity index (χ1n) is 11.9. The Hall–Kier alpha value is -4.50. The monoisotopic (exact) mass is 519 g/mol. The Morgan fingerprint density at radius 1 is 0.763 bits per heavy atom. The van der Waals surface area contributed by atoms with Gasteiger partial charge in [-0.2, -0.15) is 0 Å². The Morgan fingerprint density at radius 3 is 1.82 bits per heavy atom. The Balaban J connectivity index is 1.99. The molecule has 0 spiro atoms. The highest BCUT2D eigenvalue weighted by Gasteiger charge is 2.29. The van der Waals surface area contributed by atoms with Gasteiger partial charge in [0.15, 0.2) is 23.0 Å². The van der Waals surface area contributed by atoms with Crippen LogP contribution in [0.3, 0.4) is 0 Å². The number of aliphatic hydroxyl groups is 1. The largest absolute Gasteiger partial charge is 0.496 e. The molecule has 1 atom stereocenters. The molecule has 4 rings (SSSR count). The number of nitrogens with zero attached hydrogens (tertiary/aromatic N) is 1. The quantitative estimate of drug-likeness (QED) is 0.198. The van der Waals surface area contributed by atoms with Crippen molar-refractivity contribution in [2.24, 2.45) is 0 Å². The number of hydrogen-bond acceptors (Lipinski definition) is 8. The number of hydrogen-bond donors (Lipinski definition) is 1. The van der Waals surface area contributed by atoms with Gasteiger partial charge in [-0.15, -0.1) is 0 Å². The van der Waals surface area contributed by atoms with Crippen molar-refractivity contribution in [3.8, 4) is 28.7 Å². The van der Waals surface area contributed by atoms with Crippen molar-refractivity contribution in [2.45, 2.75) is 19.3 Å². The zero-order valence-electron chi connectivity index (χ0n) is 21.4. The van der Waals surface area contributed by atoms with Gasteiger partial charge in [-0.3, -0.25) is 10.1 Å². The summed E-state index contributed by atoms with van der Waals surface area (Å²) in [7, 11) is 4.51. The Kier molecular flexibility index (Phi) is 8.50.